The standard InChI is InChI=1S/C10H16O2/c1-3-10(11)12-9-6-4-8(2)5-7-9/h9H,2-7H2,1H3. The molecule has 0 aromatic carbocycles. The molecule has 0 saturated heterocycles. The number of ether oxygens (including phenoxy) is 1. The van der Waals surface area contributed by atoms with Crippen LogP contribution >= 0.6 is 0 Å². The zero-order valence-electron chi connectivity index (χ0n) is 7.64. The van der Waals surface area contributed by atoms with Crippen LogP contribution in [0.2, 0.25) is 0 Å². The second kappa shape index (κ2) is 4.29. The van der Waals surface area contributed by atoms with Gasteiger partial charge in [-0.25, -0.2) is 0 Å². The van der Waals surface area contributed by atoms with Crippen LogP contribution in [-0.4, -0.2) is 12.1 Å². The van der Waals surface area contributed by atoms with Gasteiger partial charge in [0.15, 0.2) is 0 Å². The van der Waals surface area contributed by atoms with Crippen LogP contribution in [0.4, 0.5) is 0 Å². The molecule has 0 bridgehead atoms. The average Bonchev–Trinajstić information content (AvgIpc) is 2.09. The zero-order chi connectivity index (χ0) is 8.97. The highest BCUT2D eigenvalue weighted by Gasteiger charge is 2.18. The minimum atomic E-state index is -0.0764. The molecule has 0 amide bonds. The maximum absolute atomic E-state index is 10.9. The number of allylic oxidation sites excluding steroid dienone is 1. The van der Waals surface area contributed by atoms with Gasteiger partial charge in [0.2, 0.25) is 0 Å². The van der Waals surface area contributed by atoms with Crippen molar-refractivity contribution in [2.45, 2.75) is 45.1 Å². The van der Waals surface area contributed by atoms with Crippen molar-refractivity contribution in [3.63, 3.8) is 0 Å². The van der Waals surface area contributed by atoms with Crippen LogP contribution in [-0.2, 0) is 9.53 Å². The molecule has 2 heteroatoms. The lowest BCUT2D eigenvalue weighted by atomic mass is 9.94. The van der Waals surface area contributed by atoms with Gasteiger partial charge in [-0.1, -0.05) is 19.1 Å². The lowest BCUT2D eigenvalue weighted by Crippen LogP contribution is -2.20. The monoisotopic (exact) mass is 168 g/mol. The van der Waals surface area contributed by atoms with E-state index in [4.69, 9.17) is 4.74 Å². The summed E-state index contributed by atoms with van der Waals surface area (Å²) in [5.41, 5.74) is 1.29. The first-order chi connectivity index (χ1) is 5.72. The van der Waals surface area contributed by atoms with E-state index >= 15 is 0 Å². The van der Waals surface area contributed by atoms with Gasteiger partial charge in [-0.15, -0.1) is 0 Å². The Morgan fingerprint density at radius 1 is 1.58 bits per heavy atom. The van der Waals surface area contributed by atoms with Crippen molar-refractivity contribution in [1.82, 2.24) is 0 Å². The fourth-order valence-electron chi connectivity index (χ4n) is 1.39. The van der Waals surface area contributed by atoms with E-state index in [2.05, 4.69) is 6.58 Å². The Labute approximate surface area is 73.6 Å². The third-order valence-electron chi connectivity index (χ3n) is 2.23. The van der Waals surface area contributed by atoms with E-state index in [1.165, 1.54) is 5.57 Å². The Morgan fingerprint density at radius 2 is 2.17 bits per heavy atom. The lowest BCUT2D eigenvalue weighted by molar-refractivity contribution is -0.149. The molecule has 1 rings (SSSR count). The molecule has 0 unspecified atom stereocenters. The average molecular weight is 168 g/mol. The van der Waals surface area contributed by atoms with E-state index in [1.54, 1.807) is 0 Å². The summed E-state index contributed by atoms with van der Waals surface area (Å²) in [6.07, 6.45) is 4.60. The molecule has 0 heterocycles. The summed E-state index contributed by atoms with van der Waals surface area (Å²) in [7, 11) is 0. The summed E-state index contributed by atoms with van der Waals surface area (Å²) in [5.74, 6) is -0.0764. The van der Waals surface area contributed by atoms with Gasteiger partial charge in [-0.2, -0.15) is 0 Å². The third kappa shape index (κ3) is 2.68. The Balaban J connectivity index is 2.26. The van der Waals surface area contributed by atoms with Gasteiger partial charge in [0, 0.05) is 6.42 Å². The van der Waals surface area contributed by atoms with E-state index in [-0.39, 0.29) is 12.1 Å². The van der Waals surface area contributed by atoms with E-state index in [9.17, 15) is 4.79 Å². The summed E-state index contributed by atoms with van der Waals surface area (Å²) < 4.78 is 5.21. The van der Waals surface area contributed by atoms with Crippen molar-refractivity contribution in [2.24, 2.45) is 0 Å². The Morgan fingerprint density at radius 3 is 2.67 bits per heavy atom. The van der Waals surface area contributed by atoms with Crippen molar-refractivity contribution in [3.8, 4) is 0 Å². The highest BCUT2D eigenvalue weighted by atomic mass is 16.5. The van der Waals surface area contributed by atoms with Gasteiger partial charge in [-0.3, -0.25) is 4.79 Å². The Kier molecular flexibility index (Phi) is 3.32. The molecule has 0 atom stereocenters. The van der Waals surface area contributed by atoms with E-state index in [0.29, 0.717) is 6.42 Å². The normalized spacial score (nSPS) is 19.2. The fourth-order valence-corrected chi connectivity index (χ4v) is 1.39. The van der Waals surface area contributed by atoms with E-state index in [0.717, 1.165) is 25.7 Å². The molecule has 0 aliphatic heterocycles. The van der Waals surface area contributed by atoms with Crippen LogP contribution in [0.25, 0.3) is 0 Å². The van der Waals surface area contributed by atoms with Crippen LogP contribution in [0.1, 0.15) is 39.0 Å². The Bertz CT molecular complexity index is 174. The minimum absolute atomic E-state index is 0.0764. The van der Waals surface area contributed by atoms with Crippen molar-refractivity contribution in [1.29, 1.82) is 0 Å². The number of carbonyl (C=O) groups is 1. The smallest absolute Gasteiger partial charge is 0.305 e. The van der Waals surface area contributed by atoms with Gasteiger partial charge in [0.1, 0.15) is 6.10 Å². The molecular weight excluding hydrogens is 152 g/mol. The highest BCUT2D eigenvalue weighted by Crippen LogP contribution is 2.24. The maximum Gasteiger partial charge on any atom is 0.305 e. The molecule has 0 aromatic rings. The first kappa shape index (κ1) is 9.30. The Hall–Kier alpha value is -0.790. The van der Waals surface area contributed by atoms with Crippen LogP contribution in [0.15, 0.2) is 12.2 Å². The van der Waals surface area contributed by atoms with Crippen LogP contribution < -0.4 is 0 Å². The summed E-state index contributed by atoms with van der Waals surface area (Å²) in [6, 6.07) is 0. The molecule has 0 radical (unpaired) electrons. The van der Waals surface area contributed by atoms with Gasteiger partial charge in [0.25, 0.3) is 0 Å². The molecule has 1 saturated carbocycles. The molecule has 2 nitrogen and oxygen atoms in total. The van der Waals surface area contributed by atoms with Gasteiger partial charge in [-0.05, 0) is 25.7 Å². The highest BCUT2D eigenvalue weighted by molar-refractivity contribution is 5.69. The van der Waals surface area contributed by atoms with Gasteiger partial charge < -0.3 is 4.74 Å². The molecule has 0 spiro atoms. The first-order valence-electron chi connectivity index (χ1n) is 4.58. The molecule has 1 aliphatic rings. The van der Waals surface area contributed by atoms with Crippen molar-refractivity contribution < 1.29 is 9.53 Å². The zero-order valence-corrected chi connectivity index (χ0v) is 7.64. The molecular formula is C10H16O2. The van der Waals surface area contributed by atoms with E-state index < -0.39 is 0 Å². The molecule has 68 valence electrons. The predicted molar refractivity (Wildman–Crippen MR) is 47.8 cm³/mol. The summed E-state index contributed by atoms with van der Waals surface area (Å²) >= 11 is 0. The largest absolute Gasteiger partial charge is 0.462 e. The topological polar surface area (TPSA) is 26.3 Å². The minimum Gasteiger partial charge on any atom is -0.462 e. The second-order valence-corrected chi connectivity index (χ2v) is 3.29. The number of hydrogen-bond acceptors (Lipinski definition) is 2. The first-order valence-corrected chi connectivity index (χ1v) is 4.58. The van der Waals surface area contributed by atoms with Crippen molar-refractivity contribution in [3.05, 3.63) is 12.2 Å². The fraction of sp³-hybridized carbons (Fsp3) is 0.700. The van der Waals surface area contributed by atoms with Crippen LogP contribution in [0.5, 0.6) is 0 Å². The lowest BCUT2D eigenvalue weighted by Gasteiger charge is -2.23. The van der Waals surface area contributed by atoms with Gasteiger partial charge >= 0.3 is 5.97 Å². The molecule has 12 heavy (non-hydrogen) atoms. The maximum atomic E-state index is 10.9. The number of esters is 1. The van der Waals surface area contributed by atoms with Gasteiger partial charge in [0.05, 0.1) is 0 Å². The van der Waals surface area contributed by atoms with E-state index in [1.807, 2.05) is 6.92 Å². The van der Waals surface area contributed by atoms with Crippen LogP contribution in [0.3, 0.4) is 0 Å². The molecule has 1 fully saturated rings. The number of rotatable bonds is 2. The summed E-state index contributed by atoms with van der Waals surface area (Å²) in [6.45, 7) is 5.73. The molecule has 0 aromatic heterocycles. The number of carbonyl (C=O) groups excluding carboxylic acids is 1. The summed E-state index contributed by atoms with van der Waals surface area (Å²) in [4.78, 5) is 10.9. The van der Waals surface area contributed by atoms with Crippen molar-refractivity contribution in [2.75, 3.05) is 0 Å². The van der Waals surface area contributed by atoms with Crippen molar-refractivity contribution >= 4 is 5.97 Å². The third-order valence-corrected chi connectivity index (χ3v) is 2.23. The second-order valence-electron chi connectivity index (χ2n) is 3.29. The summed E-state index contributed by atoms with van der Waals surface area (Å²) in [5, 5.41) is 0. The number of hydrogen-bond donors (Lipinski definition) is 0. The van der Waals surface area contributed by atoms with Crippen LogP contribution in [0, 0.1) is 0 Å². The SMILES string of the molecule is C=C1CCC(OC(=O)CC)CC1. The predicted octanol–water partition coefficient (Wildman–Crippen LogP) is 2.44. The molecule has 1 aliphatic carbocycles. The molecule has 0 N–H and O–H groups in total. The quantitative estimate of drug-likeness (QED) is 0.467.